The molecule has 1 saturated heterocycles. The average molecular weight is 260 g/mol. The van der Waals surface area contributed by atoms with Crippen LogP contribution in [0.2, 0.25) is 0 Å². The van der Waals surface area contributed by atoms with Gasteiger partial charge in [-0.2, -0.15) is 0 Å². The molecule has 1 heterocycles. The first-order valence-corrected chi connectivity index (χ1v) is 7.21. The van der Waals surface area contributed by atoms with Crippen molar-refractivity contribution in [1.82, 2.24) is 4.90 Å². The first kappa shape index (κ1) is 13.2. The number of ether oxygens (including phenoxy) is 1. The van der Waals surface area contributed by atoms with Gasteiger partial charge in [0.25, 0.3) is 0 Å². The van der Waals surface area contributed by atoms with Crippen LogP contribution < -0.4 is 0 Å². The lowest BCUT2D eigenvalue weighted by atomic mass is 10.0. The quantitative estimate of drug-likeness (QED) is 0.729. The van der Waals surface area contributed by atoms with Crippen LogP contribution >= 0.6 is 11.6 Å². The molecule has 0 aromatic carbocycles. The summed E-state index contributed by atoms with van der Waals surface area (Å²) in [6.07, 6.45) is 5.88. The van der Waals surface area contributed by atoms with E-state index >= 15 is 0 Å². The molecule has 0 aromatic heterocycles. The van der Waals surface area contributed by atoms with Crippen molar-refractivity contribution in [1.29, 1.82) is 0 Å². The van der Waals surface area contributed by atoms with Gasteiger partial charge >= 0.3 is 0 Å². The summed E-state index contributed by atoms with van der Waals surface area (Å²) in [6.45, 7) is 3.40. The molecular formula is C13H22ClNO2. The lowest BCUT2D eigenvalue weighted by molar-refractivity contribution is -0.143. The van der Waals surface area contributed by atoms with Gasteiger partial charge < -0.3 is 9.64 Å². The minimum absolute atomic E-state index is 0.00736. The Bertz CT molecular complexity index is 266. The van der Waals surface area contributed by atoms with Gasteiger partial charge in [-0.05, 0) is 25.7 Å². The van der Waals surface area contributed by atoms with Gasteiger partial charge in [0, 0.05) is 19.5 Å². The van der Waals surface area contributed by atoms with Gasteiger partial charge in [0.05, 0.1) is 18.1 Å². The Balaban J connectivity index is 1.84. The maximum atomic E-state index is 12.2. The predicted molar refractivity (Wildman–Crippen MR) is 68.2 cm³/mol. The molecule has 0 radical (unpaired) electrons. The molecule has 2 rings (SSSR count). The predicted octanol–water partition coefficient (Wildman–Crippen LogP) is 2.42. The van der Waals surface area contributed by atoms with Crippen molar-refractivity contribution in [2.45, 2.75) is 51.2 Å². The van der Waals surface area contributed by atoms with E-state index in [4.69, 9.17) is 16.3 Å². The number of nitrogens with zero attached hydrogens (tertiary/aromatic N) is 1. The van der Waals surface area contributed by atoms with Gasteiger partial charge in [0.1, 0.15) is 0 Å². The van der Waals surface area contributed by atoms with Crippen LogP contribution in [0.4, 0.5) is 0 Å². The van der Waals surface area contributed by atoms with Crippen LogP contribution in [0.1, 0.15) is 39.0 Å². The van der Waals surface area contributed by atoms with Crippen LogP contribution in [0.3, 0.4) is 0 Å². The fourth-order valence-electron chi connectivity index (χ4n) is 2.92. The summed E-state index contributed by atoms with van der Waals surface area (Å²) in [6, 6.07) is 0. The molecule has 2 aliphatic rings. The highest BCUT2D eigenvalue weighted by Gasteiger charge is 2.29. The lowest BCUT2D eigenvalue weighted by Crippen LogP contribution is -2.50. The lowest BCUT2D eigenvalue weighted by Gasteiger charge is -2.36. The van der Waals surface area contributed by atoms with Crippen molar-refractivity contribution >= 4 is 17.5 Å². The largest absolute Gasteiger partial charge is 0.370 e. The molecule has 98 valence electrons. The molecule has 1 aliphatic heterocycles. The molecule has 3 nitrogen and oxygen atoms in total. The van der Waals surface area contributed by atoms with Crippen LogP contribution in [0, 0.1) is 5.92 Å². The smallest absolute Gasteiger partial charge is 0.223 e. The van der Waals surface area contributed by atoms with Crippen LogP contribution in [0.15, 0.2) is 0 Å². The van der Waals surface area contributed by atoms with E-state index in [1.165, 1.54) is 25.7 Å². The second-order valence-electron chi connectivity index (χ2n) is 5.38. The molecule has 2 unspecified atom stereocenters. The van der Waals surface area contributed by atoms with E-state index in [1.54, 1.807) is 0 Å². The van der Waals surface area contributed by atoms with Gasteiger partial charge in [0.2, 0.25) is 5.91 Å². The summed E-state index contributed by atoms with van der Waals surface area (Å²) in [5, 5.41) is 0. The Kier molecular flexibility index (Phi) is 4.69. The third-order valence-corrected chi connectivity index (χ3v) is 4.13. The first-order valence-electron chi connectivity index (χ1n) is 6.68. The minimum atomic E-state index is 0.00736. The van der Waals surface area contributed by atoms with E-state index in [1.807, 2.05) is 11.8 Å². The third-order valence-electron chi connectivity index (χ3n) is 3.79. The number of morpholine rings is 1. The Morgan fingerprint density at radius 3 is 2.71 bits per heavy atom. The van der Waals surface area contributed by atoms with Crippen molar-refractivity contribution in [2.24, 2.45) is 5.92 Å². The number of hydrogen-bond donors (Lipinski definition) is 0. The molecule has 0 bridgehead atoms. The molecule has 0 spiro atoms. The van der Waals surface area contributed by atoms with E-state index in [-0.39, 0.29) is 12.2 Å². The van der Waals surface area contributed by atoms with Gasteiger partial charge in [-0.3, -0.25) is 4.79 Å². The monoisotopic (exact) mass is 259 g/mol. The fourth-order valence-corrected chi connectivity index (χ4v) is 3.09. The van der Waals surface area contributed by atoms with Gasteiger partial charge in [-0.25, -0.2) is 0 Å². The molecule has 0 aromatic rings. The third kappa shape index (κ3) is 3.59. The van der Waals surface area contributed by atoms with Crippen molar-refractivity contribution in [3.63, 3.8) is 0 Å². The Hall–Kier alpha value is -0.280. The first-order chi connectivity index (χ1) is 8.19. The van der Waals surface area contributed by atoms with Crippen molar-refractivity contribution in [3.8, 4) is 0 Å². The molecule has 0 N–H and O–H groups in total. The normalized spacial score (nSPS) is 30.8. The summed E-state index contributed by atoms with van der Waals surface area (Å²) in [4.78, 5) is 14.1. The molecule has 1 saturated carbocycles. The molecule has 2 atom stereocenters. The zero-order valence-corrected chi connectivity index (χ0v) is 11.3. The number of rotatable bonds is 3. The molecule has 4 heteroatoms. The summed E-state index contributed by atoms with van der Waals surface area (Å²) in [5.41, 5.74) is 0. The standard InChI is InChI=1S/C13H22ClNO2/c1-10-8-15(9-12(7-14)17-10)13(16)6-11-4-2-3-5-11/h10-12H,2-9H2,1H3. The minimum Gasteiger partial charge on any atom is -0.370 e. The number of hydrogen-bond acceptors (Lipinski definition) is 2. The van der Waals surface area contributed by atoms with E-state index < -0.39 is 0 Å². The maximum absolute atomic E-state index is 12.2. The van der Waals surface area contributed by atoms with Gasteiger partial charge in [-0.1, -0.05) is 12.8 Å². The van der Waals surface area contributed by atoms with Crippen molar-refractivity contribution in [3.05, 3.63) is 0 Å². The summed E-state index contributed by atoms with van der Waals surface area (Å²) in [7, 11) is 0. The van der Waals surface area contributed by atoms with Crippen molar-refractivity contribution < 1.29 is 9.53 Å². The second-order valence-corrected chi connectivity index (χ2v) is 5.68. The highest BCUT2D eigenvalue weighted by molar-refractivity contribution is 6.18. The molecule has 2 fully saturated rings. The SMILES string of the molecule is CC1CN(C(=O)CC2CCCC2)CC(CCl)O1. The Morgan fingerprint density at radius 2 is 2.06 bits per heavy atom. The number of amides is 1. The average Bonchev–Trinajstić information content (AvgIpc) is 2.81. The number of alkyl halides is 1. The molecule has 17 heavy (non-hydrogen) atoms. The molecule has 1 amide bonds. The second kappa shape index (κ2) is 6.05. The molecule has 1 aliphatic carbocycles. The Labute approximate surface area is 108 Å². The van der Waals surface area contributed by atoms with E-state index in [0.717, 1.165) is 13.0 Å². The topological polar surface area (TPSA) is 29.5 Å². The number of carbonyl (C=O) groups is 1. The van der Waals surface area contributed by atoms with Crippen LogP contribution in [0.5, 0.6) is 0 Å². The molecular weight excluding hydrogens is 238 g/mol. The van der Waals surface area contributed by atoms with E-state index in [2.05, 4.69) is 0 Å². The highest BCUT2D eigenvalue weighted by Crippen LogP contribution is 2.28. The zero-order valence-electron chi connectivity index (χ0n) is 10.5. The number of carbonyl (C=O) groups excluding carboxylic acids is 1. The van der Waals surface area contributed by atoms with Crippen molar-refractivity contribution in [2.75, 3.05) is 19.0 Å². The highest BCUT2D eigenvalue weighted by atomic mass is 35.5. The van der Waals surface area contributed by atoms with E-state index in [9.17, 15) is 4.79 Å². The summed E-state index contributed by atoms with van der Waals surface area (Å²) >= 11 is 5.82. The summed E-state index contributed by atoms with van der Waals surface area (Å²) < 4.78 is 5.66. The zero-order chi connectivity index (χ0) is 12.3. The maximum Gasteiger partial charge on any atom is 0.223 e. The van der Waals surface area contributed by atoms with E-state index in [0.29, 0.717) is 24.2 Å². The Morgan fingerprint density at radius 1 is 1.35 bits per heavy atom. The summed E-state index contributed by atoms with van der Waals surface area (Å²) in [5.74, 6) is 1.38. The van der Waals surface area contributed by atoms with Gasteiger partial charge in [0.15, 0.2) is 0 Å². The van der Waals surface area contributed by atoms with Crippen LogP contribution in [-0.4, -0.2) is 42.0 Å². The van der Waals surface area contributed by atoms with Crippen LogP contribution in [0.25, 0.3) is 0 Å². The fraction of sp³-hybridized carbons (Fsp3) is 0.923. The number of halogens is 1. The van der Waals surface area contributed by atoms with Gasteiger partial charge in [-0.15, -0.1) is 11.6 Å². The van der Waals surface area contributed by atoms with Crippen LogP contribution in [-0.2, 0) is 9.53 Å².